The second-order valence-electron chi connectivity index (χ2n) is 5.20. The molecule has 0 aromatic rings. The molecule has 0 unspecified atom stereocenters. The molecule has 1 heterocycles. The van der Waals surface area contributed by atoms with Crippen LogP contribution in [-0.4, -0.2) is 48.9 Å². The molecular weight excluding hydrogens is 230 g/mol. The van der Waals surface area contributed by atoms with Gasteiger partial charge in [0.25, 0.3) is 0 Å². The molecule has 0 radical (unpaired) electrons. The van der Waals surface area contributed by atoms with E-state index in [9.17, 15) is 9.59 Å². The molecule has 5 heteroatoms. The summed E-state index contributed by atoms with van der Waals surface area (Å²) in [7, 11) is 0. The molecule has 0 atom stereocenters. The van der Waals surface area contributed by atoms with E-state index < -0.39 is 5.91 Å². The summed E-state index contributed by atoms with van der Waals surface area (Å²) in [6.45, 7) is 2.83. The Hall–Kier alpha value is -1.10. The van der Waals surface area contributed by atoms with Crippen molar-refractivity contribution in [2.75, 3.05) is 26.2 Å². The lowest BCUT2D eigenvalue weighted by molar-refractivity contribution is -0.146. The maximum absolute atomic E-state index is 11.9. The van der Waals surface area contributed by atoms with Crippen LogP contribution in [0.25, 0.3) is 0 Å². The number of piperazine rings is 1. The zero-order chi connectivity index (χ0) is 12.8. The fourth-order valence-corrected chi connectivity index (χ4v) is 2.68. The number of carbonyl (C=O) groups is 2. The van der Waals surface area contributed by atoms with Gasteiger partial charge in [0, 0.05) is 32.2 Å². The van der Waals surface area contributed by atoms with Crippen LogP contribution in [0.1, 0.15) is 38.5 Å². The molecule has 2 rings (SSSR count). The summed E-state index contributed by atoms with van der Waals surface area (Å²) in [6, 6.07) is 0.201. The zero-order valence-electron chi connectivity index (χ0n) is 10.9. The highest BCUT2D eigenvalue weighted by Gasteiger charge is 2.25. The molecule has 1 saturated heterocycles. The van der Waals surface area contributed by atoms with Crippen molar-refractivity contribution in [3.8, 4) is 0 Å². The molecule has 0 spiro atoms. The van der Waals surface area contributed by atoms with Crippen LogP contribution in [-0.2, 0) is 9.59 Å². The van der Waals surface area contributed by atoms with Gasteiger partial charge in [-0.1, -0.05) is 25.7 Å². The van der Waals surface area contributed by atoms with Crippen LogP contribution in [0, 0.1) is 0 Å². The Balaban J connectivity index is 1.80. The lowest BCUT2D eigenvalue weighted by Crippen LogP contribution is -2.52. The molecule has 102 valence electrons. The van der Waals surface area contributed by atoms with E-state index in [4.69, 9.17) is 0 Å². The summed E-state index contributed by atoms with van der Waals surface area (Å²) < 4.78 is 0. The largest absolute Gasteiger partial charge is 0.345 e. The van der Waals surface area contributed by atoms with Gasteiger partial charge in [-0.15, -0.1) is 0 Å². The Kier molecular flexibility index (Phi) is 4.99. The number of amides is 2. The smallest absolute Gasteiger partial charge is 0.311 e. The lowest BCUT2D eigenvalue weighted by atomic mass is 10.1. The Bertz CT molecular complexity index is 293. The van der Waals surface area contributed by atoms with Crippen molar-refractivity contribution in [1.82, 2.24) is 15.5 Å². The molecule has 2 aliphatic rings. The van der Waals surface area contributed by atoms with Gasteiger partial charge in [0.1, 0.15) is 0 Å². The number of nitrogens with zero attached hydrogens (tertiary/aromatic N) is 1. The molecule has 0 aromatic heterocycles. The second-order valence-corrected chi connectivity index (χ2v) is 5.20. The molecule has 2 amide bonds. The van der Waals surface area contributed by atoms with Crippen LogP contribution in [0.15, 0.2) is 0 Å². The molecule has 1 aliphatic carbocycles. The van der Waals surface area contributed by atoms with Crippen LogP contribution in [0.5, 0.6) is 0 Å². The Morgan fingerprint density at radius 1 is 1.00 bits per heavy atom. The van der Waals surface area contributed by atoms with Crippen LogP contribution in [0.3, 0.4) is 0 Å². The van der Waals surface area contributed by atoms with Crippen molar-refractivity contribution in [3.63, 3.8) is 0 Å². The second kappa shape index (κ2) is 6.73. The van der Waals surface area contributed by atoms with E-state index in [1.54, 1.807) is 4.90 Å². The highest BCUT2D eigenvalue weighted by atomic mass is 16.2. The zero-order valence-corrected chi connectivity index (χ0v) is 10.9. The number of carbonyl (C=O) groups excluding carboxylic acids is 2. The van der Waals surface area contributed by atoms with Crippen molar-refractivity contribution in [1.29, 1.82) is 0 Å². The van der Waals surface area contributed by atoms with Crippen molar-refractivity contribution in [2.45, 2.75) is 44.6 Å². The minimum Gasteiger partial charge on any atom is -0.345 e. The number of rotatable bonds is 1. The highest BCUT2D eigenvalue weighted by molar-refractivity contribution is 6.35. The summed E-state index contributed by atoms with van der Waals surface area (Å²) >= 11 is 0. The first-order valence-electron chi connectivity index (χ1n) is 7.08. The van der Waals surface area contributed by atoms with E-state index in [-0.39, 0.29) is 11.9 Å². The van der Waals surface area contributed by atoms with Crippen molar-refractivity contribution in [2.24, 2.45) is 0 Å². The molecule has 5 nitrogen and oxygen atoms in total. The number of hydrogen-bond donors (Lipinski definition) is 2. The molecule has 18 heavy (non-hydrogen) atoms. The highest BCUT2D eigenvalue weighted by Crippen LogP contribution is 2.17. The summed E-state index contributed by atoms with van der Waals surface area (Å²) in [6.07, 6.45) is 6.84. The number of nitrogens with one attached hydrogen (secondary N) is 2. The van der Waals surface area contributed by atoms with E-state index >= 15 is 0 Å². The first-order valence-corrected chi connectivity index (χ1v) is 7.08. The molecule has 1 saturated carbocycles. The van der Waals surface area contributed by atoms with Crippen molar-refractivity contribution in [3.05, 3.63) is 0 Å². The van der Waals surface area contributed by atoms with Crippen molar-refractivity contribution < 1.29 is 9.59 Å². The maximum Gasteiger partial charge on any atom is 0.311 e. The minimum absolute atomic E-state index is 0.201. The van der Waals surface area contributed by atoms with Crippen LogP contribution in [0.2, 0.25) is 0 Å². The fourth-order valence-electron chi connectivity index (χ4n) is 2.68. The van der Waals surface area contributed by atoms with Crippen molar-refractivity contribution >= 4 is 11.8 Å². The summed E-state index contributed by atoms with van der Waals surface area (Å²) in [5, 5.41) is 6.08. The minimum atomic E-state index is -0.413. The summed E-state index contributed by atoms with van der Waals surface area (Å²) in [5.41, 5.74) is 0. The van der Waals surface area contributed by atoms with E-state index in [1.807, 2.05) is 0 Å². The van der Waals surface area contributed by atoms with Gasteiger partial charge in [-0.3, -0.25) is 9.59 Å². The SMILES string of the molecule is O=C(NC1CCCCCC1)C(=O)N1CCNCC1. The molecule has 1 aliphatic heterocycles. The summed E-state index contributed by atoms with van der Waals surface area (Å²) in [5.74, 6) is -0.774. The predicted octanol–water partition coefficient (Wildman–Crippen LogP) is 0.257. The van der Waals surface area contributed by atoms with Gasteiger partial charge in [0.05, 0.1) is 0 Å². The lowest BCUT2D eigenvalue weighted by Gasteiger charge is -2.27. The van der Waals surface area contributed by atoms with Crippen LogP contribution < -0.4 is 10.6 Å². The fraction of sp³-hybridized carbons (Fsp3) is 0.846. The van der Waals surface area contributed by atoms with E-state index in [0.29, 0.717) is 13.1 Å². The third-order valence-electron chi connectivity index (χ3n) is 3.79. The number of hydrogen-bond acceptors (Lipinski definition) is 3. The van der Waals surface area contributed by atoms with E-state index in [1.165, 1.54) is 12.8 Å². The van der Waals surface area contributed by atoms with Gasteiger partial charge in [-0.05, 0) is 12.8 Å². The standard InChI is InChI=1S/C13H23N3O2/c17-12(13(18)16-9-7-14-8-10-16)15-11-5-3-1-2-4-6-11/h11,14H,1-10H2,(H,15,17). The third kappa shape index (κ3) is 3.70. The van der Waals surface area contributed by atoms with Gasteiger partial charge < -0.3 is 15.5 Å². The first kappa shape index (κ1) is 13.3. The average molecular weight is 253 g/mol. The van der Waals surface area contributed by atoms with Gasteiger partial charge in [0.15, 0.2) is 0 Å². The van der Waals surface area contributed by atoms with Gasteiger partial charge >= 0.3 is 11.8 Å². The van der Waals surface area contributed by atoms with Gasteiger partial charge in [-0.25, -0.2) is 0 Å². The molecular formula is C13H23N3O2. The predicted molar refractivity (Wildman–Crippen MR) is 69.1 cm³/mol. The van der Waals surface area contributed by atoms with Crippen LogP contribution in [0.4, 0.5) is 0 Å². The topological polar surface area (TPSA) is 61.4 Å². The average Bonchev–Trinajstić information content (AvgIpc) is 2.67. The Labute approximate surface area is 108 Å². The van der Waals surface area contributed by atoms with E-state index in [0.717, 1.165) is 38.8 Å². The monoisotopic (exact) mass is 253 g/mol. The van der Waals surface area contributed by atoms with E-state index in [2.05, 4.69) is 10.6 Å². The molecule has 2 N–H and O–H groups in total. The maximum atomic E-state index is 11.9. The molecule has 0 aromatic carbocycles. The first-order chi connectivity index (χ1) is 8.77. The normalized spacial score (nSPS) is 22.3. The Morgan fingerprint density at radius 2 is 1.61 bits per heavy atom. The van der Waals surface area contributed by atoms with Crippen LogP contribution >= 0.6 is 0 Å². The van der Waals surface area contributed by atoms with Gasteiger partial charge in [-0.2, -0.15) is 0 Å². The quantitative estimate of drug-likeness (QED) is 0.520. The molecule has 2 fully saturated rings. The third-order valence-corrected chi connectivity index (χ3v) is 3.79. The van der Waals surface area contributed by atoms with Gasteiger partial charge in [0.2, 0.25) is 0 Å². The molecule has 0 bridgehead atoms. The Morgan fingerprint density at radius 3 is 2.22 bits per heavy atom. The summed E-state index contributed by atoms with van der Waals surface area (Å²) in [4.78, 5) is 25.5.